The Labute approximate surface area is 196 Å². The van der Waals surface area contributed by atoms with E-state index in [0.29, 0.717) is 12.1 Å². The van der Waals surface area contributed by atoms with Crippen LogP contribution in [0.3, 0.4) is 0 Å². The van der Waals surface area contributed by atoms with E-state index in [1.807, 2.05) is 53.2 Å². The summed E-state index contributed by atoms with van der Waals surface area (Å²) in [5.41, 5.74) is 1.70. The van der Waals surface area contributed by atoms with Crippen LogP contribution in [-0.4, -0.2) is 15.6 Å². The van der Waals surface area contributed by atoms with Gasteiger partial charge in [0.25, 0.3) is 5.82 Å². The van der Waals surface area contributed by atoms with Crippen molar-refractivity contribution in [3.63, 3.8) is 0 Å². The van der Waals surface area contributed by atoms with E-state index in [0.717, 1.165) is 52.6 Å². The normalized spacial score (nSPS) is 13.1. The molecule has 4 rings (SSSR count). The van der Waals surface area contributed by atoms with Crippen molar-refractivity contribution in [3.05, 3.63) is 75.2 Å². The minimum absolute atomic E-state index is 0. The molecule has 0 bridgehead atoms. The maximum atomic E-state index is 12.8. The lowest BCUT2D eigenvalue weighted by Gasteiger charge is -2.04. The summed E-state index contributed by atoms with van der Waals surface area (Å²) in [5, 5.41) is 8.95. The highest BCUT2D eigenvalue weighted by Gasteiger charge is 2.28. The first-order valence-electron chi connectivity index (χ1n) is 9.87. The molecule has 0 atom stereocenters. The van der Waals surface area contributed by atoms with Gasteiger partial charge in [0, 0.05) is 32.3 Å². The Morgan fingerprint density at radius 1 is 1.10 bits per heavy atom. The van der Waals surface area contributed by atoms with Crippen molar-refractivity contribution in [1.29, 1.82) is 0 Å². The zero-order chi connectivity index (χ0) is 20.2. The van der Waals surface area contributed by atoms with E-state index < -0.39 is 0 Å². The Balaban J connectivity index is 0.00000256. The summed E-state index contributed by atoms with van der Waals surface area (Å²) in [6.45, 7) is 1.81. The van der Waals surface area contributed by atoms with Crippen LogP contribution in [-0.2, 0) is 26.1 Å². The summed E-state index contributed by atoms with van der Waals surface area (Å²) < 4.78 is 5.15. The zero-order valence-electron chi connectivity index (χ0n) is 16.5. The molecule has 0 spiro atoms. The molecular weight excluding hydrogens is 487 g/mol. The fourth-order valence-electron chi connectivity index (χ4n) is 3.66. The molecule has 1 aliphatic rings. The van der Waals surface area contributed by atoms with Crippen molar-refractivity contribution >= 4 is 39.0 Å². The number of benzene rings is 2. The summed E-state index contributed by atoms with van der Waals surface area (Å²) in [6.07, 6.45) is 4.41. The number of carbonyl (C=O) groups excluding carboxylic acids is 1. The fraction of sp³-hybridized carbons (Fsp3) is 0.318. The molecule has 0 aliphatic carbocycles. The van der Waals surface area contributed by atoms with Crippen LogP contribution < -0.4 is 22.3 Å². The van der Waals surface area contributed by atoms with E-state index in [9.17, 15) is 4.79 Å². The fourth-order valence-corrected chi connectivity index (χ4v) is 4.05. The number of fused-ring (bicyclic) bond motifs is 1. The van der Waals surface area contributed by atoms with Crippen LogP contribution in [0.15, 0.2) is 53.0 Å². The van der Waals surface area contributed by atoms with Gasteiger partial charge in [-0.25, -0.2) is 4.57 Å². The number of hydrogen-bond acceptors (Lipinski definition) is 3. The summed E-state index contributed by atoms with van der Waals surface area (Å²) >= 11 is 9.39. The number of carbonyl (C=O) groups is 1. The van der Waals surface area contributed by atoms with Crippen molar-refractivity contribution < 1.29 is 21.8 Å². The molecule has 5 nitrogen and oxygen atoms in total. The summed E-state index contributed by atoms with van der Waals surface area (Å²) in [4.78, 5) is 12.8. The topological polar surface area (TPSA) is 50.8 Å². The van der Waals surface area contributed by atoms with Gasteiger partial charge in [-0.15, -0.1) is 4.68 Å². The van der Waals surface area contributed by atoms with Gasteiger partial charge >= 0.3 is 0 Å². The second-order valence-electron chi connectivity index (χ2n) is 7.24. The lowest BCUT2D eigenvalue weighted by atomic mass is 10.1. The zero-order valence-corrected chi connectivity index (χ0v) is 19.6. The minimum Gasteiger partial charge on any atom is -1.00 e. The molecule has 2 heterocycles. The van der Waals surface area contributed by atoms with Gasteiger partial charge in [0.05, 0.1) is 6.54 Å². The average molecular weight is 510 g/mol. The van der Waals surface area contributed by atoms with Crippen molar-refractivity contribution in [2.75, 3.05) is 5.32 Å². The Morgan fingerprint density at radius 3 is 2.57 bits per heavy atom. The van der Waals surface area contributed by atoms with Gasteiger partial charge in [0.15, 0.2) is 12.3 Å². The summed E-state index contributed by atoms with van der Waals surface area (Å²) in [7, 11) is 0. The van der Waals surface area contributed by atoms with Crippen LogP contribution in [0.25, 0.3) is 0 Å². The van der Waals surface area contributed by atoms with E-state index in [1.165, 1.54) is 6.42 Å². The largest absolute Gasteiger partial charge is 1.00 e. The van der Waals surface area contributed by atoms with Crippen molar-refractivity contribution in [2.45, 2.75) is 45.3 Å². The van der Waals surface area contributed by atoms with Crippen LogP contribution in [0.1, 0.15) is 41.3 Å². The molecule has 30 heavy (non-hydrogen) atoms. The number of rotatable bonds is 6. The van der Waals surface area contributed by atoms with Crippen LogP contribution in [0, 0.1) is 0 Å². The molecule has 1 aromatic heterocycles. The average Bonchev–Trinajstić information content (AvgIpc) is 2.89. The number of nitrogens with zero attached hydrogens (tertiary/aromatic N) is 3. The van der Waals surface area contributed by atoms with Crippen LogP contribution in [0.2, 0.25) is 5.02 Å². The number of Topliss-reactive ketones (excluding diaryl/α,β-unsaturated/α-hetero) is 1. The molecule has 158 valence electrons. The third-order valence-corrected chi connectivity index (χ3v) is 5.97. The van der Waals surface area contributed by atoms with Gasteiger partial charge < -0.3 is 17.7 Å². The Hall–Kier alpha value is -1.89. The molecule has 0 unspecified atom stereocenters. The first kappa shape index (κ1) is 22.8. The predicted molar refractivity (Wildman–Crippen MR) is 117 cm³/mol. The number of hydrogen-bond donors (Lipinski definition) is 1. The predicted octanol–water partition coefficient (Wildman–Crippen LogP) is 1.81. The maximum absolute atomic E-state index is 12.8. The molecule has 0 radical (unpaired) electrons. The van der Waals surface area contributed by atoms with E-state index in [1.54, 1.807) is 0 Å². The number of aromatic nitrogens is 3. The molecular formula is C22H23BrCl2N4O. The van der Waals surface area contributed by atoms with Gasteiger partial charge in [-0.05, 0) is 55.7 Å². The number of nitrogens with one attached hydrogen (secondary N) is 1. The maximum Gasteiger partial charge on any atom is 0.296 e. The highest BCUT2D eigenvalue weighted by molar-refractivity contribution is 9.10. The van der Waals surface area contributed by atoms with Gasteiger partial charge in [-0.2, -0.15) is 0 Å². The molecule has 1 N–H and O–H groups in total. The van der Waals surface area contributed by atoms with Gasteiger partial charge in [0.2, 0.25) is 5.82 Å². The number of ketones is 1. The van der Waals surface area contributed by atoms with Crippen molar-refractivity contribution in [2.24, 2.45) is 0 Å². The highest BCUT2D eigenvalue weighted by atomic mass is 79.9. The smallest absolute Gasteiger partial charge is 0.296 e. The molecule has 2 aromatic carbocycles. The van der Waals surface area contributed by atoms with Crippen molar-refractivity contribution in [3.8, 4) is 0 Å². The Morgan fingerprint density at radius 2 is 1.83 bits per heavy atom. The van der Waals surface area contributed by atoms with Crippen LogP contribution in [0.4, 0.5) is 5.69 Å². The first-order chi connectivity index (χ1) is 14.1. The van der Waals surface area contributed by atoms with E-state index in [2.05, 4.69) is 25.8 Å². The van der Waals surface area contributed by atoms with Gasteiger partial charge in [-0.1, -0.05) is 39.7 Å². The number of halogens is 3. The minimum atomic E-state index is 0. The quantitative estimate of drug-likeness (QED) is 0.407. The van der Waals surface area contributed by atoms with Gasteiger partial charge in [-0.3, -0.25) is 4.79 Å². The third-order valence-electron chi connectivity index (χ3n) is 5.19. The molecule has 0 fully saturated rings. The van der Waals surface area contributed by atoms with Crippen molar-refractivity contribution in [1.82, 2.24) is 9.78 Å². The second kappa shape index (κ2) is 10.4. The third kappa shape index (κ3) is 5.42. The summed E-state index contributed by atoms with van der Waals surface area (Å²) in [6, 6.07) is 15.1. The summed E-state index contributed by atoms with van der Waals surface area (Å²) in [5.74, 6) is 2.17. The highest BCUT2D eigenvalue weighted by Crippen LogP contribution is 2.16. The number of anilines is 1. The van der Waals surface area contributed by atoms with E-state index >= 15 is 0 Å². The molecule has 0 amide bonds. The first-order valence-corrected chi connectivity index (χ1v) is 11.0. The van der Waals surface area contributed by atoms with E-state index in [4.69, 9.17) is 16.7 Å². The van der Waals surface area contributed by atoms with Crippen LogP contribution >= 0.6 is 27.5 Å². The lowest BCUT2D eigenvalue weighted by molar-refractivity contribution is -0.710. The monoisotopic (exact) mass is 508 g/mol. The Kier molecular flexibility index (Phi) is 7.92. The molecule has 3 aromatic rings. The molecule has 0 saturated carbocycles. The Bertz CT molecular complexity index is 1000. The SMILES string of the molecule is O=C(Cn1nc(CNc2ccc(Cl)cc2)[n+]2c1CCCCC2)c1ccc(Br)cc1.[Cl-]. The molecule has 8 heteroatoms. The standard InChI is InChI=1S/C22H23BrClN4O.ClH/c23-17-7-5-16(6-8-17)20(29)15-28-22-4-2-1-3-13-27(22)21(26-28)14-25-19-11-9-18(24)10-12-19;/h5-12,25H,1-4,13-15H2;1H/q+1;/p-1. The van der Waals surface area contributed by atoms with Gasteiger partial charge in [0.1, 0.15) is 6.54 Å². The van der Waals surface area contributed by atoms with Crippen LogP contribution in [0.5, 0.6) is 0 Å². The second-order valence-corrected chi connectivity index (χ2v) is 8.60. The van der Waals surface area contributed by atoms with E-state index in [-0.39, 0.29) is 24.7 Å². The lowest BCUT2D eigenvalue weighted by Crippen LogP contribution is -3.00. The molecule has 0 saturated heterocycles. The molecule has 1 aliphatic heterocycles.